The number of nitrogens with one attached hydrogen (secondary N) is 2. The van der Waals surface area contributed by atoms with E-state index in [-0.39, 0.29) is 23.9 Å². The average Bonchev–Trinajstić information content (AvgIpc) is 3.32. The second-order valence-corrected chi connectivity index (χ2v) is 8.63. The van der Waals surface area contributed by atoms with Crippen LogP contribution in [0.3, 0.4) is 0 Å². The van der Waals surface area contributed by atoms with Crippen molar-refractivity contribution in [2.75, 3.05) is 5.32 Å². The van der Waals surface area contributed by atoms with E-state index in [1.165, 1.54) is 12.7 Å². The van der Waals surface area contributed by atoms with Crippen LogP contribution in [0, 0.1) is 0 Å². The Morgan fingerprint density at radius 3 is 2.62 bits per heavy atom. The van der Waals surface area contributed by atoms with Crippen LogP contribution in [0.5, 0.6) is 0 Å². The predicted molar refractivity (Wildman–Crippen MR) is 118 cm³/mol. The summed E-state index contributed by atoms with van der Waals surface area (Å²) in [6.45, 7) is 0.347. The first-order valence-electron chi connectivity index (χ1n) is 9.72. The molecule has 0 aliphatic carbocycles. The number of aromatic nitrogens is 4. The van der Waals surface area contributed by atoms with Crippen molar-refractivity contribution in [1.82, 2.24) is 24.5 Å². The van der Waals surface area contributed by atoms with Crippen molar-refractivity contribution < 1.29 is 13.2 Å². The topological polar surface area (TPSA) is 119 Å². The van der Waals surface area contributed by atoms with Crippen molar-refractivity contribution in [2.45, 2.75) is 18.0 Å². The number of hydrogen-bond donors (Lipinski definition) is 2. The Balaban J connectivity index is 1.46. The van der Waals surface area contributed by atoms with Crippen molar-refractivity contribution in [3.8, 4) is 0 Å². The molecule has 4 rings (SSSR count). The predicted octanol–water partition coefficient (Wildman–Crippen LogP) is 2.45. The quantitative estimate of drug-likeness (QED) is 0.427. The largest absolute Gasteiger partial charge is 0.321 e. The molecule has 162 valence electrons. The number of pyridine rings is 1. The molecule has 10 heteroatoms. The van der Waals surface area contributed by atoms with Gasteiger partial charge in [0.1, 0.15) is 18.3 Å². The van der Waals surface area contributed by atoms with E-state index in [4.69, 9.17) is 0 Å². The maximum atomic E-state index is 13.0. The van der Waals surface area contributed by atoms with Gasteiger partial charge in [-0.1, -0.05) is 36.4 Å². The Hall–Kier alpha value is -3.89. The lowest BCUT2D eigenvalue weighted by atomic mass is 10.2. The summed E-state index contributed by atoms with van der Waals surface area (Å²) in [5.41, 5.74) is 2.13. The van der Waals surface area contributed by atoms with Gasteiger partial charge in [-0.15, -0.1) is 0 Å². The summed E-state index contributed by atoms with van der Waals surface area (Å²) in [5, 5.41) is 6.80. The van der Waals surface area contributed by atoms with E-state index in [2.05, 4.69) is 25.1 Å². The van der Waals surface area contributed by atoms with Crippen LogP contribution in [-0.2, 0) is 23.1 Å². The van der Waals surface area contributed by atoms with E-state index in [1.807, 2.05) is 0 Å². The molecule has 4 aromatic rings. The van der Waals surface area contributed by atoms with Crippen LogP contribution in [0.15, 0.2) is 90.5 Å². The highest BCUT2D eigenvalue weighted by atomic mass is 32.2. The van der Waals surface area contributed by atoms with Crippen molar-refractivity contribution >= 4 is 21.6 Å². The Bertz CT molecular complexity index is 1310. The van der Waals surface area contributed by atoms with Gasteiger partial charge in [0.2, 0.25) is 10.0 Å². The molecule has 0 fully saturated rings. The summed E-state index contributed by atoms with van der Waals surface area (Å²) in [6, 6.07) is 18.8. The molecule has 9 nitrogen and oxygen atoms in total. The third kappa shape index (κ3) is 5.23. The number of anilines is 1. The highest BCUT2D eigenvalue weighted by Crippen LogP contribution is 2.18. The third-order valence-electron chi connectivity index (χ3n) is 4.61. The van der Waals surface area contributed by atoms with Crippen LogP contribution >= 0.6 is 0 Å². The molecule has 0 bridgehead atoms. The summed E-state index contributed by atoms with van der Waals surface area (Å²) in [7, 11) is -3.78. The maximum Gasteiger partial charge on any atom is 0.274 e. The van der Waals surface area contributed by atoms with Crippen LogP contribution in [0.4, 0.5) is 5.69 Å². The van der Waals surface area contributed by atoms with E-state index in [0.29, 0.717) is 22.5 Å². The van der Waals surface area contributed by atoms with Crippen LogP contribution in [0.1, 0.15) is 21.6 Å². The van der Waals surface area contributed by atoms with Gasteiger partial charge in [-0.3, -0.25) is 9.78 Å². The number of nitrogens with zero attached hydrogens (tertiary/aromatic N) is 4. The number of carbonyl (C=O) groups is 1. The lowest BCUT2D eigenvalue weighted by molar-refractivity contribution is 0.102. The molecule has 0 aliphatic heterocycles. The molecule has 0 atom stereocenters. The van der Waals surface area contributed by atoms with Crippen LogP contribution in [0.2, 0.25) is 0 Å². The molecule has 2 heterocycles. The lowest BCUT2D eigenvalue weighted by Crippen LogP contribution is -2.25. The van der Waals surface area contributed by atoms with Gasteiger partial charge in [-0.05, 0) is 41.5 Å². The van der Waals surface area contributed by atoms with Crippen LogP contribution < -0.4 is 10.0 Å². The molecule has 0 saturated heterocycles. The zero-order chi connectivity index (χ0) is 22.4. The van der Waals surface area contributed by atoms with Gasteiger partial charge in [-0.25, -0.2) is 22.8 Å². The first kappa shape index (κ1) is 21.3. The number of carbonyl (C=O) groups excluding carboxylic acids is 1. The zero-order valence-corrected chi connectivity index (χ0v) is 17.7. The van der Waals surface area contributed by atoms with E-state index in [0.717, 1.165) is 0 Å². The standard InChI is InChI=1S/C22H20N6O3S/c29-22(20-9-3-4-11-24-20)27-19-8-5-6-17(12-19)13-26-32(30,31)21-10-2-1-7-18(21)14-28-16-23-15-25-28/h1-12,15-16,26H,13-14H2,(H,27,29). The number of sulfonamides is 1. The molecule has 1 amide bonds. The molecule has 2 aromatic heterocycles. The molecule has 2 N–H and O–H groups in total. The van der Waals surface area contributed by atoms with Gasteiger partial charge in [0, 0.05) is 18.4 Å². The lowest BCUT2D eigenvalue weighted by Gasteiger charge is -2.12. The molecule has 2 aromatic carbocycles. The number of hydrogen-bond acceptors (Lipinski definition) is 6. The molecule has 0 aliphatic rings. The highest BCUT2D eigenvalue weighted by Gasteiger charge is 2.18. The monoisotopic (exact) mass is 448 g/mol. The fourth-order valence-corrected chi connectivity index (χ4v) is 4.34. The Kier molecular flexibility index (Phi) is 6.34. The molecule has 32 heavy (non-hydrogen) atoms. The second-order valence-electron chi connectivity index (χ2n) is 6.89. The molecule has 0 saturated carbocycles. The number of benzene rings is 2. The van der Waals surface area contributed by atoms with Crippen LogP contribution in [0.25, 0.3) is 0 Å². The SMILES string of the molecule is O=C(Nc1cccc(CNS(=O)(=O)c2ccccc2Cn2cncn2)c1)c1ccccn1. The number of amides is 1. The summed E-state index contributed by atoms with van der Waals surface area (Å²) in [4.78, 5) is 20.4. The molecular formula is C22H20N6O3S. The van der Waals surface area contributed by atoms with Gasteiger partial charge in [0.15, 0.2) is 0 Å². The summed E-state index contributed by atoms with van der Waals surface area (Å²) in [5.74, 6) is -0.342. The maximum absolute atomic E-state index is 13.0. The first-order valence-corrected chi connectivity index (χ1v) is 11.2. The first-order chi connectivity index (χ1) is 15.5. The fraction of sp³-hybridized carbons (Fsp3) is 0.0909. The Morgan fingerprint density at radius 2 is 1.84 bits per heavy atom. The minimum absolute atomic E-state index is 0.0628. The fourth-order valence-electron chi connectivity index (χ4n) is 3.09. The van der Waals surface area contributed by atoms with Gasteiger partial charge in [-0.2, -0.15) is 5.10 Å². The average molecular weight is 449 g/mol. The Labute approximate surface area is 185 Å². The van der Waals surface area contributed by atoms with Crippen LogP contribution in [-0.4, -0.2) is 34.1 Å². The Morgan fingerprint density at radius 1 is 1.00 bits per heavy atom. The molecule has 0 radical (unpaired) electrons. The molecule has 0 unspecified atom stereocenters. The van der Waals surface area contributed by atoms with E-state index in [1.54, 1.807) is 77.6 Å². The van der Waals surface area contributed by atoms with Crippen molar-refractivity contribution in [3.05, 3.63) is 102 Å². The number of rotatable bonds is 8. The van der Waals surface area contributed by atoms with E-state index >= 15 is 0 Å². The second kappa shape index (κ2) is 9.50. The van der Waals surface area contributed by atoms with Crippen molar-refractivity contribution in [1.29, 1.82) is 0 Å². The summed E-state index contributed by atoms with van der Waals surface area (Å²) in [6.07, 6.45) is 4.47. The minimum atomic E-state index is -3.78. The summed E-state index contributed by atoms with van der Waals surface area (Å²) >= 11 is 0. The van der Waals surface area contributed by atoms with Gasteiger partial charge < -0.3 is 5.32 Å². The zero-order valence-electron chi connectivity index (χ0n) is 16.9. The molecule has 0 spiro atoms. The summed E-state index contributed by atoms with van der Waals surface area (Å²) < 4.78 is 30.1. The van der Waals surface area contributed by atoms with Crippen molar-refractivity contribution in [3.63, 3.8) is 0 Å². The third-order valence-corrected chi connectivity index (χ3v) is 6.11. The van der Waals surface area contributed by atoms with Gasteiger partial charge >= 0.3 is 0 Å². The smallest absolute Gasteiger partial charge is 0.274 e. The minimum Gasteiger partial charge on any atom is -0.321 e. The van der Waals surface area contributed by atoms with Crippen molar-refractivity contribution in [2.24, 2.45) is 0 Å². The molecular weight excluding hydrogens is 428 g/mol. The van der Waals surface area contributed by atoms with Gasteiger partial charge in [0.25, 0.3) is 5.91 Å². The van der Waals surface area contributed by atoms with E-state index in [9.17, 15) is 13.2 Å². The van der Waals surface area contributed by atoms with E-state index < -0.39 is 10.0 Å². The normalized spacial score (nSPS) is 11.2. The highest BCUT2D eigenvalue weighted by molar-refractivity contribution is 7.89. The van der Waals surface area contributed by atoms with Gasteiger partial charge in [0.05, 0.1) is 11.4 Å².